The second-order valence-electron chi connectivity index (χ2n) is 5.10. The van der Waals surface area contributed by atoms with Crippen molar-refractivity contribution in [2.24, 2.45) is 0 Å². The molecule has 0 unspecified atom stereocenters. The molecular weight excluding hydrogens is 254 g/mol. The molecule has 5 heteroatoms. The first kappa shape index (κ1) is 14.3. The quantitative estimate of drug-likeness (QED) is 0.619. The molecule has 1 aliphatic carbocycles. The molecule has 1 aromatic carbocycles. The number of nitrogens with one attached hydrogen (secondary N) is 3. The van der Waals surface area contributed by atoms with E-state index in [4.69, 9.17) is 5.41 Å². The smallest absolute Gasteiger partial charge is 0.256 e. The number of rotatable bonds is 5. The Labute approximate surface area is 118 Å². The average molecular weight is 273 g/mol. The lowest BCUT2D eigenvalue weighted by Gasteiger charge is -2.16. The van der Waals surface area contributed by atoms with Crippen molar-refractivity contribution < 1.29 is 9.90 Å². The van der Waals surface area contributed by atoms with Gasteiger partial charge < -0.3 is 21.1 Å². The topological polar surface area (TPSA) is 85.2 Å². The summed E-state index contributed by atoms with van der Waals surface area (Å²) in [5, 5.41) is 23.3. The van der Waals surface area contributed by atoms with Crippen molar-refractivity contribution in [3.63, 3.8) is 0 Å². The number of hydrogen-bond acceptors (Lipinski definition) is 4. The number of aliphatic hydroxyl groups is 1. The fourth-order valence-electron chi connectivity index (χ4n) is 1.84. The molecule has 0 heterocycles. The van der Waals surface area contributed by atoms with Gasteiger partial charge in [-0.3, -0.25) is 4.79 Å². The van der Waals surface area contributed by atoms with Crippen molar-refractivity contribution in [3.05, 3.63) is 41.7 Å². The van der Waals surface area contributed by atoms with E-state index in [-0.39, 0.29) is 5.71 Å². The molecule has 0 spiro atoms. The van der Waals surface area contributed by atoms with Crippen LogP contribution in [0.5, 0.6) is 0 Å². The number of hydrogen-bond donors (Lipinski definition) is 4. The van der Waals surface area contributed by atoms with Crippen LogP contribution in [0.3, 0.4) is 0 Å². The maximum absolute atomic E-state index is 11.9. The SMILES string of the molecule is CC(=N)/C(NC(=O)C1(O)CC1)=C(/C)Nc1ccccc1. The monoisotopic (exact) mass is 273 g/mol. The van der Waals surface area contributed by atoms with E-state index in [1.54, 1.807) is 13.8 Å². The summed E-state index contributed by atoms with van der Waals surface area (Å²) < 4.78 is 0. The highest BCUT2D eigenvalue weighted by Crippen LogP contribution is 2.35. The third-order valence-corrected chi connectivity index (χ3v) is 3.24. The number of amides is 1. The minimum Gasteiger partial charge on any atom is -0.380 e. The van der Waals surface area contributed by atoms with Gasteiger partial charge in [0.05, 0.1) is 11.4 Å². The molecule has 1 amide bonds. The highest BCUT2D eigenvalue weighted by atomic mass is 16.3. The van der Waals surface area contributed by atoms with Crippen LogP contribution in [0.4, 0.5) is 5.69 Å². The van der Waals surface area contributed by atoms with Gasteiger partial charge in [-0.05, 0) is 38.8 Å². The van der Waals surface area contributed by atoms with Crippen molar-refractivity contribution >= 4 is 17.3 Å². The van der Waals surface area contributed by atoms with Gasteiger partial charge in [0.25, 0.3) is 5.91 Å². The van der Waals surface area contributed by atoms with Gasteiger partial charge >= 0.3 is 0 Å². The third-order valence-electron chi connectivity index (χ3n) is 3.24. The van der Waals surface area contributed by atoms with Crippen molar-refractivity contribution in [1.29, 1.82) is 5.41 Å². The van der Waals surface area contributed by atoms with E-state index in [9.17, 15) is 9.90 Å². The second-order valence-corrected chi connectivity index (χ2v) is 5.10. The Morgan fingerprint density at radius 1 is 1.25 bits per heavy atom. The molecule has 20 heavy (non-hydrogen) atoms. The van der Waals surface area contributed by atoms with Gasteiger partial charge in [-0.25, -0.2) is 0 Å². The molecule has 0 aromatic heterocycles. The van der Waals surface area contributed by atoms with Crippen LogP contribution in [0.25, 0.3) is 0 Å². The van der Waals surface area contributed by atoms with E-state index < -0.39 is 11.5 Å². The molecule has 5 nitrogen and oxygen atoms in total. The molecule has 1 saturated carbocycles. The second kappa shape index (κ2) is 5.46. The highest BCUT2D eigenvalue weighted by molar-refractivity contribution is 6.02. The summed E-state index contributed by atoms with van der Waals surface area (Å²) in [5.41, 5.74) is 0.945. The maximum Gasteiger partial charge on any atom is 0.256 e. The maximum atomic E-state index is 11.9. The Balaban J connectivity index is 2.15. The Bertz CT molecular complexity index is 560. The van der Waals surface area contributed by atoms with Gasteiger partial charge in [0.15, 0.2) is 0 Å². The minimum absolute atomic E-state index is 0.239. The first-order valence-electron chi connectivity index (χ1n) is 6.55. The standard InChI is InChI=1S/C15H19N3O2/c1-10(16)13(18-14(19)15(20)8-9-15)11(2)17-12-6-4-3-5-7-12/h3-7,16-17,20H,8-9H2,1-2H3,(H,18,19)/b13-11+,16-10?. The number of para-hydroxylation sites is 1. The lowest BCUT2D eigenvalue weighted by molar-refractivity contribution is -0.130. The fraction of sp³-hybridized carbons (Fsp3) is 0.333. The summed E-state index contributed by atoms with van der Waals surface area (Å²) >= 11 is 0. The van der Waals surface area contributed by atoms with Gasteiger partial charge in [0.2, 0.25) is 0 Å². The van der Waals surface area contributed by atoms with Crippen molar-refractivity contribution in [3.8, 4) is 0 Å². The first-order chi connectivity index (χ1) is 9.42. The van der Waals surface area contributed by atoms with Gasteiger partial charge in [-0.15, -0.1) is 0 Å². The lowest BCUT2D eigenvalue weighted by atomic mass is 10.2. The summed E-state index contributed by atoms with van der Waals surface area (Å²) in [6.07, 6.45) is 0.961. The van der Waals surface area contributed by atoms with Crippen LogP contribution in [0.1, 0.15) is 26.7 Å². The number of anilines is 1. The summed E-state index contributed by atoms with van der Waals surface area (Å²) in [7, 11) is 0. The number of carbonyl (C=O) groups excluding carboxylic acids is 1. The van der Waals surface area contributed by atoms with Crippen molar-refractivity contribution in [2.75, 3.05) is 5.32 Å². The molecule has 0 bridgehead atoms. The zero-order valence-corrected chi connectivity index (χ0v) is 11.7. The molecule has 2 rings (SSSR count). The van der Waals surface area contributed by atoms with Crippen LogP contribution in [0.2, 0.25) is 0 Å². The Kier molecular flexibility index (Phi) is 3.90. The molecular formula is C15H19N3O2. The fourth-order valence-corrected chi connectivity index (χ4v) is 1.84. The molecule has 0 saturated heterocycles. The number of carbonyl (C=O) groups is 1. The van der Waals surface area contributed by atoms with Crippen LogP contribution < -0.4 is 10.6 Å². The minimum atomic E-state index is -1.24. The van der Waals surface area contributed by atoms with Gasteiger partial charge in [0.1, 0.15) is 5.60 Å². The van der Waals surface area contributed by atoms with Crippen molar-refractivity contribution in [2.45, 2.75) is 32.3 Å². The Hall–Kier alpha value is -2.14. The normalized spacial score (nSPS) is 16.9. The van der Waals surface area contributed by atoms with Crippen LogP contribution in [0.15, 0.2) is 41.7 Å². The molecule has 0 radical (unpaired) electrons. The van der Waals surface area contributed by atoms with Gasteiger partial charge in [-0.2, -0.15) is 0 Å². The lowest BCUT2D eigenvalue weighted by Crippen LogP contribution is -2.38. The van der Waals surface area contributed by atoms with E-state index in [0.29, 0.717) is 24.2 Å². The summed E-state index contributed by atoms with van der Waals surface area (Å²) in [5.74, 6) is -0.437. The van der Waals surface area contributed by atoms with Crippen LogP contribution in [-0.2, 0) is 4.79 Å². The third kappa shape index (κ3) is 3.24. The van der Waals surface area contributed by atoms with Crippen LogP contribution >= 0.6 is 0 Å². The molecule has 0 aliphatic heterocycles. The summed E-state index contributed by atoms with van der Waals surface area (Å²) in [4.78, 5) is 11.9. The van der Waals surface area contributed by atoms with Gasteiger partial charge in [-0.1, -0.05) is 18.2 Å². The van der Waals surface area contributed by atoms with Crippen molar-refractivity contribution in [1.82, 2.24) is 5.32 Å². The summed E-state index contributed by atoms with van der Waals surface area (Å²) in [6, 6.07) is 9.51. The van der Waals surface area contributed by atoms with E-state index in [2.05, 4.69) is 10.6 Å². The highest BCUT2D eigenvalue weighted by Gasteiger charge is 2.48. The first-order valence-corrected chi connectivity index (χ1v) is 6.55. The van der Waals surface area contributed by atoms with E-state index >= 15 is 0 Å². The Morgan fingerprint density at radius 2 is 1.85 bits per heavy atom. The van der Waals surface area contributed by atoms with Crippen LogP contribution in [-0.4, -0.2) is 22.3 Å². The molecule has 106 valence electrons. The zero-order chi connectivity index (χ0) is 14.8. The molecule has 0 atom stereocenters. The predicted molar refractivity (Wildman–Crippen MR) is 78.5 cm³/mol. The van der Waals surface area contributed by atoms with Gasteiger partial charge in [0, 0.05) is 11.4 Å². The number of allylic oxidation sites excluding steroid dienone is 2. The van der Waals surface area contributed by atoms with E-state index in [0.717, 1.165) is 5.69 Å². The molecule has 1 aromatic rings. The van der Waals surface area contributed by atoms with E-state index in [1.165, 1.54) is 0 Å². The van der Waals surface area contributed by atoms with E-state index in [1.807, 2.05) is 30.3 Å². The largest absolute Gasteiger partial charge is 0.380 e. The Morgan fingerprint density at radius 3 is 2.35 bits per heavy atom. The predicted octanol–water partition coefficient (Wildman–Crippen LogP) is 2.01. The average Bonchev–Trinajstić information content (AvgIpc) is 3.15. The number of benzene rings is 1. The summed E-state index contributed by atoms with van der Waals surface area (Å²) in [6.45, 7) is 3.39. The molecule has 1 aliphatic rings. The van der Waals surface area contributed by atoms with Crippen LogP contribution in [0, 0.1) is 5.41 Å². The molecule has 4 N–H and O–H groups in total. The molecule has 1 fully saturated rings. The zero-order valence-electron chi connectivity index (χ0n) is 11.7.